The molecule has 2 saturated carbocycles. The van der Waals surface area contributed by atoms with E-state index in [1.807, 2.05) is 43.7 Å². The third-order valence-electron chi connectivity index (χ3n) is 17.0. The van der Waals surface area contributed by atoms with Gasteiger partial charge in [0, 0.05) is 18.7 Å². The molecule has 2 aromatic heterocycles. The molecule has 10 rings (SSSR count). The molecule has 9 atom stereocenters. The van der Waals surface area contributed by atoms with Gasteiger partial charge in [-0.3, -0.25) is 9.59 Å². The molecule has 6 unspecified atom stereocenters. The Morgan fingerprint density at radius 1 is 0.814 bits per heavy atom. The molecular formula is C56H70N8O6. The fourth-order valence-corrected chi connectivity index (χ4v) is 12.8. The number of hydrogen-bond acceptors (Lipinski definition) is 8. The third-order valence-corrected chi connectivity index (χ3v) is 17.0. The Balaban J connectivity index is 0.949. The molecule has 0 radical (unpaired) electrons. The summed E-state index contributed by atoms with van der Waals surface area (Å²) < 4.78 is 9.74. The van der Waals surface area contributed by atoms with Crippen molar-refractivity contribution < 1.29 is 28.7 Å². The Kier molecular flexibility index (Phi) is 13.3. The number of rotatable bonds is 12. The highest BCUT2D eigenvalue weighted by atomic mass is 16.5. The van der Waals surface area contributed by atoms with E-state index in [4.69, 9.17) is 26.0 Å². The monoisotopic (exact) mass is 951 g/mol. The number of methoxy groups -OCH3 is 2. The van der Waals surface area contributed by atoms with Crippen LogP contribution in [0.25, 0.3) is 33.4 Å². The molecule has 2 aliphatic heterocycles. The summed E-state index contributed by atoms with van der Waals surface area (Å²) in [5.74, 6) is 3.31. The number of alkyl carbamates (subject to hydrolysis) is 2. The van der Waals surface area contributed by atoms with Crippen LogP contribution in [0.3, 0.4) is 0 Å². The van der Waals surface area contributed by atoms with Crippen molar-refractivity contribution in [3.8, 4) is 11.3 Å². The number of hydrogen-bond donors (Lipinski definition) is 4. The van der Waals surface area contributed by atoms with Gasteiger partial charge in [0.1, 0.15) is 23.7 Å². The minimum absolute atomic E-state index is 0.0568. The van der Waals surface area contributed by atoms with E-state index < -0.39 is 24.3 Å². The number of carbonyl (C=O) groups is 4. The van der Waals surface area contributed by atoms with Crippen molar-refractivity contribution in [2.45, 2.75) is 135 Å². The van der Waals surface area contributed by atoms with Crippen molar-refractivity contribution in [3.05, 3.63) is 94.7 Å². The summed E-state index contributed by atoms with van der Waals surface area (Å²) >= 11 is 0. The normalized spacial score (nSPS) is 26.7. The SMILES string of the molecule is C=C1/C(c2ccc(-c3cnc([C@@H]4CCCN4C(=O)[C@@H](NC(=O)OC)C(C)C)[nH]3)c3c2C2CCC2C3)=C\C=C(\c2ccc3nc(C4CCCN4C(=O)[C@@H](NC(=O)OC)C(C)CC)[nH]c3c2)CC2CCC1C2. The first-order valence-electron chi connectivity index (χ1n) is 26.0. The molecule has 0 spiro atoms. The topological polar surface area (TPSA) is 175 Å². The number of nitrogens with zero attached hydrogens (tertiary/aromatic N) is 4. The van der Waals surface area contributed by atoms with Crippen molar-refractivity contribution >= 4 is 46.2 Å². The average Bonchev–Trinajstić information content (AvgIpc) is 4.22. The standard InChI is InChI=1S/C56H70N8O6/c1-8-31(4)50(62-56(68)70-7)54(66)64-24-10-12-47(64)52-58-43-22-17-36(28-44(43)59-52)35-15-18-38(32(5)34-14-13-33(25-34)26-35)41-21-20-40(42-27-37-16-19-39(37)48(41)42)45-29-57-51(60-45)46-11-9-23-63(46)53(65)49(30(2)3)61-55(67)69-6/h15,17-18,20-22,28-31,33-34,37,39,46-47,49-50H,5,8-14,16,19,23-27H2,1-4,6-7H3,(H,57,60)(H,58,59)(H,61,67)(H,62,68)/b35-15+,38-18+/t31?,33?,34?,37?,39?,46-,47?,49-,50-/m0/s1. The number of amides is 4. The first-order valence-corrected chi connectivity index (χ1v) is 26.0. The first-order chi connectivity index (χ1) is 33.8. The predicted molar refractivity (Wildman–Crippen MR) is 270 cm³/mol. The van der Waals surface area contributed by atoms with E-state index in [0.29, 0.717) is 36.8 Å². The molecule has 370 valence electrons. The summed E-state index contributed by atoms with van der Waals surface area (Å²) in [5.41, 5.74) is 13.1. The van der Waals surface area contributed by atoms with Crippen LogP contribution in [-0.2, 0) is 25.5 Å². The molecule has 4 N–H and O–H groups in total. The number of carbonyl (C=O) groups excluding carboxylic acids is 4. The lowest BCUT2D eigenvalue weighted by molar-refractivity contribution is -0.136. The highest BCUT2D eigenvalue weighted by Crippen LogP contribution is 2.57. The molecule has 4 amide bonds. The van der Waals surface area contributed by atoms with Crippen LogP contribution in [0.4, 0.5) is 9.59 Å². The van der Waals surface area contributed by atoms with E-state index in [2.05, 4.69) is 63.1 Å². The van der Waals surface area contributed by atoms with Gasteiger partial charge in [-0.05, 0) is 157 Å². The molecule has 4 aromatic rings. The van der Waals surface area contributed by atoms with Crippen LogP contribution in [0.1, 0.15) is 150 Å². The molecule has 14 heteroatoms. The lowest BCUT2D eigenvalue weighted by Gasteiger charge is -2.32. The lowest BCUT2D eigenvalue weighted by atomic mass is 9.72. The van der Waals surface area contributed by atoms with Gasteiger partial charge in [-0.2, -0.15) is 0 Å². The van der Waals surface area contributed by atoms with E-state index in [-0.39, 0.29) is 35.7 Å². The number of fused-ring (bicyclic) bond motifs is 6. The number of nitrogens with one attached hydrogen (secondary N) is 4. The zero-order valence-electron chi connectivity index (χ0n) is 41.7. The summed E-state index contributed by atoms with van der Waals surface area (Å²) in [6.07, 6.45) is 17.4. The van der Waals surface area contributed by atoms with Crippen molar-refractivity contribution in [3.63, 3.8) is 0 Å². The number of aromatic nitrogens is 4. The Bertz CT molecular complexity index is 2770. The van der Waals surface area contributed by atoms with Gasteiger partial charge in [0.05, 0.1) is 49.2 Å². The highest BCUT2D eigenvalue weighted by Gasteiger charge is 2.44. The number of H-pyrrole nitrogens is 2. The van der Waals surface area contributed by atoms with Crippen LogP contribution in [-0.4, -0.2) is 93.1 Å². The zero-order valence-corrected chi connectivity index (χ0v) is 41.7. The van der Waals surface area contributed by atoms with E-state index >= 15 is 0 Å². The molecule has 6 aliphatic rings. The maximum absolute atomic E-state index is 14.0. The second-order valence-electron chi connectivity index (χ2n) is 21.4. The maximum atomic E-state index is 14.0. The molecule has 2 aromatic carbocycles. The van der Waals surface area contributed by atoms with E-state index in [0.717, 1.165) is 86.2 Å². The molecule has 2 bridgehead atoms. The van der Waals surface area contributed by atoms with Crippen molar-refractivity contribution in [1.82, 2.24) is 40.4 Å². The Hall–Kier alpha value is -6.18. The van der Waals surface area contributed by atoms with Gasteiger partial charge in [-0.15, -0.1) is 0 Å². The summed E-state index contributed by atoms with van der Waals surface area (Å²) in [7, 11) is 2.64. The average molecular weight is 951 g/mol. The Labute approximate surface area is 411 Å². The third kappa shape index (κ3) is 8.73. The van der Waals surface area contributed by atoms with Gasteiger partial charge in [0.15, 0.2) is 0 Å². The maximum Gasteiger partial charge on any atom is 0.407 e. The van der Waals surface area contributed by atoms with Gasteiger partial charge in [0.25, 0.3) is 0 Å². The second-order valence-corrected chi connectivity index (χ2v) is 21.4. The molecule has 2 saturated heterocycles. The quantitative estimate of drug-likeness (QED) is 0.109. The minimum atomic E-state index is -0.689. The molecule has 4 heterocycles. The summed E-state index contributed by atoms with van der Waals surface area (Å²) in [6.45, 7) is 14.0. The minimum Gasteiger partial charge on any atom is -0.453 e. The lowest BCUT2D eigenvalue weighted by Crippen LogP contribution is -2.51. The number of ether oxygens (including phenoxy) is 2. The number of imidazole rings is 2. The van der Waals surface area contributed by atoms with E-state index in [1.165, 1.54) is 78.0 Å². The molecular weight excluding hydrogens is 881 g/mol. The van der Waals surface area contributed by atoms with Gasteiger partial charge in [0.2, 0.25) is 11.8 Å². The molecule has 70 heavy (non-hydrogen) atoms. The van der Waals surface area contributed by atoms with Gasteiger partial charge >= 0.3 is 12.2 Å². The Morgan fingerprint density at radius 3 is 2.20 bits per heavy atom. The fourth-order valence-electron chi connectivity index (χ4n) is 12.8. The number of aromatic amines is 2. The predicted octanol–water partition coefficient (Wildman–Crippen LogP) is 10.3. The van der Waals surface area contributed by atoms with Crippen molar-refractivity contribution in [1.29, 1.82) is 0 Å². The highest BCUT2D eigenvalue weighted by molar-refractivity contribution is 5.90. The largest absolute Gasteiger partial charge is 0.453 e. The smallest absolute Gasteiger partial charge is 0.407 e. The molecule has 4 fully saturated rings. The summed E-state index contributed by atoms with van der Waals surface area (Å²) in [6, 6.07) is 9.39. The van der Waals surface area contributed by atoms with Crippen LogP contribution in [0.15, 0.2) is 60.8 Å². The van der Waals surface area contributed by atoms with Gasteiger partial charge in [-0.25, -0.2) is 19.6 Å². The number of likely N-dealkylation sites (tertiary alicyclic amines) is 2. The molecule has 4 aliphatic carbocycles. The van der Waals surface area contributed by atoms with Crippen LogP contribution in [0.2, 0.25) is 0 Å². The Morgan fingerprint density at radius 2 is 1.51 bits per heavy atom. The van der Waals surface area contributed by atoms with Crippen LogP contribution in [0, 0.1) is 29.6 Å². The van der Waals surface area contributed by atoms with E-state index in [1.54, 1.807) is 0 Å². The van der Waals surface area contributed by atoms with Crippen LogP contribution in [0.5, 0.6) is 0 Å². The summed E-state index contributed by atoms with van der Waals surface area (Å²) in [4.78, 5) is 73.5. The van der Waals surface area contributed by atoms with Gasteiger partial charge < -0.3 is 39.9 Å². The number of benzene rings is 2. The van der Waals surface area contributed by atoms with Crippen LogP contribution < -0.4 is 10.6 Å². The molecule has 14 nitrogen and oxygen atoms in total. The van der Waals surface area contributed by atoms with E-state index in [9.17, 15) is 19.2 Å². The summed E-state index contributed by atoms with van der Waals surface area (Å²) in [5, 5.41) is 5.57. The van der Waals surface area contributed by atoms with Crippen LogP contribution >= 0.6 is 0 Å². The first kappa shape index (κ1) is 47.5. The van der Waals surface area contributed by atoms with Gasteiger partial charge in [-0.1, -0.05) is 71.0 Å². The zero-order chi connectivity index (χ0) is 49.0. The number of allylic oxidation sites excluding steroid dienone is 5. The second kappa shape index (κ2) is 19.5. The fraction of sp³-hybridized carbons (Fsp3) is 0.536. The van der Waals surface area contributed by atoms with Crippen molar-refractivity contribution in [2.24, 2.45) is 29.6 Å². The van der Waals surface area contributed by atoms with Crippen molar-refractivity contribution in [2.75, 3.05) is 27.3 Å².